The van der Waals surface area contributed by atoms with Crippen LogP contribution in [0.25, 0.3) is 11.3 Å². The van der Waals surface area contributed by atoms with E-state index < -0.39 is 0 Å². The van der Waals surface area contributed by atoms with Gasteiger partial charge >= 0.3 is 5.69 Å². The summed E-state index contributed by atoms with van der Waals surface area (Å²) in [4.78, 5) is 21.7. The molecule has 0 aliphatic rings. The predicted octanol–water partition coefficient (Wildman–Crippen LogP) is 2.14. The minimum atomic E-state index is -0.131. The van der Waals surface area contributed by atoms with Crippen molar-refractivity contribution in [2.45, 2.75) is 32.7 Å². The van der Waals surface area contributed by atoms with Crippen LogP contribution in [0.4, 0.5) is 0 Å². The Balaban J connectivity index is 2.76. The van der Waals surface area contributed by atoms with E-state index in [9.17, 15) is 4.79 Å². The van der Waals surface area contributed by atoms with Gasteiger partial charge in [0, 0.05) is 6.04 Å². The molecule has 86 valence electrons. The Morgan fingerprint density at radius 3 is 2.75 bits per heavy atom. The Bertz CT molecular complexity index is 605. The first kappa shape index (κ1) is 11.1. The van der Waals surface area contributed by atoms with Gasteiger partial charge in [0.05, 0.1) is 6.20 Å². The lowest BCUT2D eigenvalue weighted by Crippen LogP contribution is -2.21. The summed E-state index contributed by atoms with van der Waals surface area (Å²) < 4.78 is 2.24. The van der Waals surface area contributed by atoms with Gasteiger partial charge in [-0.2, -0.15) is 0 Å². The Kier molecular flexibility index (Phi) is 2.91. The summed E-state index contributed by atoms with van der Waals surface area (Å²) in [5.74, 6) is 0. The molecule has 2 heterocycles. The zero-order valence-electron chi connectivity index (χ0n) is 9.28. The number of rotatable bonds is 3. The van der Waals surface area contributed by atoms with Crippen LogP contribution in [0.3, 0.4) is 0 Å². The number of nitrogens with zero attached hydrogens (tertiary/aromatic N) is 2. The normalized spacial score (nSPS) is 11.4. The van der Waals surface area contributed by atoms with Crippen LogP contribution >= 0.6 is 12.2 Å². The second-order valence-electron chi connectivity index (χ2n) is 3.72. The summed E-state index contributed by atoms with van der Waals surface area (Å²) in [5.41, 5.74) is 1.12. The molecule has 0 aromatic carbocycles. The van der Waals surface area contributed by atoms with E-state index in [0.717, 1.165) is 12.8 Å². The molecule has 2 N–H and O–H groups in total. The minimum Gasteiger partial charge on any atom is -0.328 e. The molecule has 16 heavy (non-hydrogen) atoms. The van der Waals surface area contributed by atoms with Gasteiger partial charge in [0.2, 0.25) is 0 Å². The van der Waals surface area contributed by atoms with Crippen molar-refractivity contribution in [3.05, 3.63) is 21.3 Å². The zero-order chi connectivity index (χ0) is 11.7. The first-order valence-corrected chi connectivity index (χ1v) is 5.77. The first-order valence-electron chi connectivity index (χ1n) is 5.36. The quantitative estimate of drug-likeness (QED) is 0.805. The molecule has 0 fully saturated rings. The van der Waals surface area contributed by atoms with Gasteiger partial charge < -0.3 is 4.98 Å². The van der Waals surface area contributed by atoms with Crippen molar-refractivity contribution in [1.82, 2.24) is 19.5 Å². The average molecular weight is 238 g/mol. The molecule has 6 heteroatoms. The van der Waals surface area contributed by atoms with E-state index in [0.29, 0.717) is 15.9 Å². The van der Waals surface area contributed by atoms with Crippen LogP contribution in [0.2, 0.25) is 0 Å². The summed E-state index contributed by atoms with van der Waals surface area (Å²) in [6, 6.07) is 0.177. The lowest BCUT2D eigenvalue weighted by molar-refractivity contribution is 0.469. The molecule has 0 bridgehead atoms. The second-order valence-corrected chi connectivity index (χ2v) is 4.15. The summed E-state index contributed by atoms with van der Waals surface area (Å²) in [5, 5.41) is 0. The number of hydrogen-bond acceptors (Lipinski definition) is 3. The first-order chi connectivity index (χ1) is 7.67. The SMILES string of the molecule is CCC(CC)n1c(=O)[nH]c2ncc(=S)[nH]c21. The number of aromatic nitrogens is 4. The maximum Gasteiger partial charge on any atom is 0.329 e. The third-order valence-electron chi connectivity index (χ3n) is 2.77. The minimum absolute atomic E-state index is 0.131. The Labute approximate surface area is 97.5 Å². The number of imidazole rings is 1. The molecule has 0 unspecified atom stereocenters. The number of nitrogens with one attached hydrogen (secondary N) is 2. The summed E-state index contributed by atoms with van der Waals surface area (Å²) in [7, 11) is 0. The van der Waals surface area contributed by atoms with Gasteiger partial charge in [-0.05, 0) is 12.8 Å². The van der Waals surface area contributed by atoms with Crippen molar-refractivity contribution in [2.24, 2.45) is 0 Å². The molecule has 0 amide bonds. The van der Waals surface area contributed by atoms with E-state index >= 15 is 0 Å². The molecule has 0 aliphatic carbocycles. The third-order valence-corrected chi connectivity index (χ3v) is 2.98. The molecule has 0 saturated heterocycles. The fourth-order valence-electron chi connectivity index (χ4n) is 1.92. The number of fused-ring (bicyclic) bond motifs is 1. The van der Waals surface area contributed by atoms with Crippen molar-refractivity contribution in [3.63, 3.8) is 0 Å². The number of aromatic amines is 2. The molecule has 2 aromatic heterocycles. The van der Waals surface area contributed by atoms with E-state index in [1.807, 2.05) is 0 Å². The van der Waals surface area contributed by atoms with E-state index in [1.165, 1.54) is 6.20 Å². The van der Waals surface area contributed by atoms with E-state index in [4.69, 9.17) is 12.2 Å². The fourth-order valence-corrected chi connectivity index (χ4v) is 2.07. The highest BCUT2D eigenvalue weighted by atomic mass is 32.1. The number of H-pyrrole nitrogens is 2. The van der Waals surface area contributed by atoms with Crippen molar-refractivity contribution < 1.29 is 0 Å². The third kappa shape index (κ3) is 1.69. The topological polar surface area (TPSA) is 66.5 Å². The van der Waals surface area contributed by atoms with Crippen molar-refractivity contribution in [3.8, 4) is 0 Å². The van der Waals surface area contributed by atoms with Gasteiger partial charge in [-0.25, -0.2) is 9.78 Å². The molecule has 0 saturated carbocycles. The van der Waals surface area contributed by atoms with Crippen LogP contribution < -0.4 is 5.69 Å². The zero-order valence-corrected chi connectivity index (χ0v) is 10.1. The molecule has 2 aromatic rings. The van der Waals surface area contributed by atoms with Gasteiger partial charge in [0.15, 0.2) is 11.3 Å². The molecule has 2 rings (SSSR count). The van der Waals surface area contributed by atoms with E-state index in [1.54, 1.807) is 4.57 Å². The van der Waals surface area contributed by atoms with Crippen molar-refractivity contribution >= 4 is 23.5 Å². The molecule has 0 spiro atoms. The van der Waals surface area contributed by atoms with Crippen molar-refractivity contribution in [2.75, 3.05) is 0 Å². The summed E-state index contributed by atoms with van der Waals surface area (Å²) >= 11 is 5.02. The van der Waals surface area contributed by atoms with Gasteiger partial charge in [0.25, 0.3) is 0 Å². The molecular formula is C10H14N4OS. The second kappa shape index (κ2) is 4.21. The molecular weight excluding hydrogens is 224 g/mol. The largest absolute Gasteiger partial charge is 0.329 e. The van der Waals surface area contributed by atoms with Gasteiger partial charge in [-0.1, -0.05) is 26.1 Å². The highest BCUT2D eigenvalue weighted by Gasteiger charge is 2.14. The highest BCUT2D eigenvalue weighted by molar-refractivity contribution is 7.71. The molecule has 0 radical (unpaired) electrons. The van der Waals surface area contributed by atoms with Crippen LogP contribution in [-0.4, -0.2) is 19.5 Å². The average Bonchev–Trinajstić information content (AvgIpc) is 2.58. The maximum absolute atomic E-state index is 11.8. The standard InChI is InChI=1S/C10H14N4OS/c1-3-6(4-2)14-9-8(13-10(14)15)11-5-7(16)12-9/h5-6H,3-4H2,1-2H3,(H,12,16)(H,11,13,15). The van der Waals surface area contributed by atoms with Crippen LogP contribution in [0.5, 0.6) is 0 Å². The molecule has 0 aliphatic heterocycles. The van der Waals surface area contributed by atoms with Crippen LogP contribution in [0.15, 0.2) is 11.0 Å². The Morgan fingerprint density at radius 2 is 2.12 bits per heavy atom. The molecule has 5 nitrogen and oxygen atoms in total. The predicted molar refractivity (Wildman–Crippen MR) is 65.2 cm³/mol. The van der Waals surface area contributed by atoms with Crippen molar-refractivity contribution in [1.29, 1.82) is 0 Å². The lowest BCUT2D eigenvalue weighted by atomic mass is 10.2. The van der Waals surface area contributed by atoms with E-state index in [2.05, 4.69) is 28.8 Å². The van der Waals surface area contributed by atoms with Crippen LogP contribution in [0.1, 0.15) is 32.7 Å². The molecule has 0 atom stereocenters. The maximum atomic E-state index is 11.8. The monoisotopic (exact) mass is 238 g/mol. The Hall–Kier alpha value is -1.43. The Morgan fingerprint density at radius 1 is 1.44 bits per heavy atom. The van der Waals surface area contributed by atoms with Gasteiger partial charge in [-0.3, -0.25) is 9.55 Å². The van der Waals surface area contributed by atoms with Gasteiger partial charge in [0.1, 0.15) is 4.64 Å². The highest BCUT2D eigenvalue weighted by Crippen LogP contribution is 2.17. The number of hydrogen-bond donors (Lipinski definition) is 2. The summed E-state index contributed by atoms with van der Waals surface area (Å²) in [6.45, 7) is 4.12. The fraction of sp³-hybridized carbons (Fsp3) is 0.500. The van der Waals surface area contributed by atoms with Crippen LogP contribution in [0, 0.1) is 4.64 Å². The van der Waals surface area contributed by atoms with E-state index in [-0.39, 0.29) is 11.7 Å². The smallest absolute Gasteiger partial charge is 0.328 e. The lowest BCUT2D eigenvalue weighted by Gasteiger charge is -2.13. The van der Waals surface area contributed by atoms with Gasteiger partial charge in [-0.15, -0.1) is 0 Å². The summed E-state index contributed by atoms with van der Waals surface area (Å²) in [6.07, 6.45) is 3.34. The van der Waals surface area contributed by atoms with Crippen LogP contribution in [-0.2, 0) is 0 Å².